The van der Waals surface area contributed by atoms with Gasteiger partial charge in [-0.25, -0.2) is 0 Å². The summed E-state index contributed by atoms with van der Waals surface area (Å²) in [4.78, 5) is 2.20. The van der Waals surface area contributed by atoms with Crippen molar-refractivity contribution in [2.24, 2.45) is 0 Å². The highest BCUT2D eigenvalue weighted by molar-refractivity contribution is 7.80. The van der Waals surface area contributed by atoms with Gasteiger partial charge in [0.05, 0.1) is 6.04 Å². The van der Waals surface area contributed by atoms with E-state index in [1.165, 1.54) is 11.3 Å². The molecule has 1 aromatic heterocycles. The van der Waals surface area contributed by atoms with Crippen molar-refractivity contribution in [2.75, 3.05) is 11.9 Å². The Balaban J connectivity index is 1.71. The van der Waals surface area contributed by atoms with Gasteiger partial charge in [0.25, 0.3) is 0 Å². The average molecular weight is 416 g/mol. The van der Waals surface area contributed by atoms with Crippen LogP contribution in [0.25, 0.3) is 0 Å². The molecule has 27 heavy (non-hydrogen) atoms. The van der Waals surface area contributed by atoms with Crippen molar-refractivity contribution in [3.63, 3.8) is 0 Å². The summed E-state index contributed by atoms with van der Waals surface area (Å²) in [6, 6.07) is 18.0. The Labute approximate surface area is 174 Å². The van der Waals surface area contributed by atoms with Gasteiger partial charge in [0.1, 0.15) is 0 Å². The molecule has 0 aliphatic carbocycles. The van der Waals surface area contributed by atoms with Crippen LogP contribution in [-0.2, 0) is 6.54 Å². The number of fused-ring (bicyclic) bond motifs is 1. The number of halogens is 2. The number of nitrogens with zero attached hydrogens (tertiary/aromatic N) is 2. The van der Waals surface area contributed by atoms with Crippen molar-refractivity contribution in [2.45, 2.75) is 19.5 Å². The van der Waals surface area contributed by atoms with Gasteiger partial charge in [0.2, 0.25) is 0 Å². The molecule has 0 spiro atoms. The molecule has 138 valence electrons. The van der Waals surface area contributed by atoms with Crippen molar-refractivity contribution in [1.29, 1.82) is 0 Å². The normalized spacial score (nSPS) is 16.1. The highest BCUT2D eigenvalue weighted by Crippen LogP contribution is 2.37. The van der Waals surface area contributed by atoms with E-state index in [0.717, 1.165) is 24.3 Å². The van der Waals surface area contributed by atoms with Gasteiger partial charge in [-0.3, -0.25) is 0 Å². The van der Waals surface area contributed by atoms with Crippen LogP contribution < -0.4 is 5.32 Å². The van der Waals surface area contributed by atoms with E-state index in [1.807, 2.05) is 24.3 Å². The van der Waals surface area contributed by atoms with Gasteiger partial charge in [-0.15, -0.1) is 0 Å². The van der Waals surface area contributed by atoms with Crippen LogP contribution in [0.1, 0.15) is 22.9 Å². The Bertz CT molecular complexity index is 999. The first-order valence-electron chi connectivity index (χ1n) is 8.77. The fourth-order valence-electron chi connectivity index (χ4n) is 3.57. The molecule has 0 fully saturated rings. The maximum atomic E-state index is 6.56. The summed E-state index contributed by atoms with van der Waals surface area (Å²) in [6.45, 7) is 3.74. The molecule has 1 unspecified atom stereocenters. The van der Waals surface area contributed by atoms with E-state index >= 15 is 0 Å². The molecule has 1 atom stereocenters. The minimum absolute atomic E-state index is 0.0664. The minimum atomic E-state index is -0.0664. The standard InChI is InChI=1S/C21H19Cl2N3S/c1-14-4-2-5-16(12-14)24-21(27)26-11-10-25-9-3-6-19(25)20(26)17-8-7-15(22)13-18(17)23/h2-9,12-13,20H,10-11H2,1H3,(H,24,27). The van der Waals surface area contributed by atoms with E-state index < -0.39 is 0 Å². The summed E-state index contributed by atoms with van der Waals surface area (Å²) in [6.07, 6.45) is 2.10. The molecule has 4 rings (SSSR count). The number of hydrogen-bond donors (Lipinski definition) is 1. The van der Waals surface area contributed by atoms with Crippen LogP contribution in [0.15, 0.2) is 60.8 Å². The second-order valence-corrected chi connectivity index (χ2v) is 7.92. The van der Waals surface area contributed by atoms with E-state index in [2.05, 4.69) is 52.2 Å². The van der Waals surface area contributed by atoms with Gasteiger partial charge in [0, 0.05) is 40.7 Å². The van der Waals surface area contributed by atoms with E-state index in [0.29, 0.717) is 15.2 Å². The van der Waals surface area contributed by atoms with Gasteiger partial charge in [-0.1, -0.05) is 41.4 Å². The van der Waals surface area contributed by atoms with Crippen LogP contribution in [0.5, 0.6) is 0 Å². The first-order valence-corrected chi connectivity index (χ1v) is 9.93. The van der Waals surface area contributed by atoms with Gasteiger partial charge < -0.3 is 14.8 Å². The lowest BCUT2D eigenvalue weighted by atomic mass is 10.00. The third kappa shape index (κ3) is 3.70. The molecule has 3 nitrogen and oxygen atoms in total. The van der Waals surface area contributed by atoms with Crippen LogP contribution in [0, 0.1) is 6.92 Å². The SMILES string of the molecule is Cc1cccc(NC(=S)N2CCn3cccc3C2c2ccc(Cl)cc2Cl)c1. The molecule has 1 aliphatic heterocycles. The maximum absolute atomic E-state index is 6.56. The first-order chi connectivity index (χ1) is 13.0. The minimum Gasteiger partial charge on any atom is -0.348 e. The third-order valence-electron chi connectivity index (χ3n) is 4.83. The summed E-state index contributed by atoms with van der Waals surface area (Å²) in [5.41, 5.74) is 4.34. The van der Waals surface area contributed by atoms with Crippen molar-refractivity contribution >= 4 is 46.2 Å². The lowest BCUT2D eigenvalue weighted by molar-refractivity contribution is 0.293. The Morgan fingerprint density at radius 3 is 2.70 bits per heavy atom. The number of nitrogens with one attached hydrogen (secondary N) is 1. The number of anilines is 1. The quantitative estimate of drug-likeness (QED) is 0.525. The van der Waals surface area contributed by atoms with Gasteiger partial charge in [-0.05, 0) is 66.7 Å². The lowest BCUT2D eigenvalue weighted by Crippen LogP contribution is -2.44. The molecule has 0 saturated heterocycles. The molecule has 3 aromatic rings. The van der Waals surface area contributed by atoms with Crippen LogP contribution >= 0.6 is 35.4 Å². The Morgan fingerprint density at radius 1 is 1.07 bits per heavy atom. The second kappa shape index (κ2) is 7.55. The Hall–Kier alpha value is -2.01. The predicted octanol–water partition coefficient (Wildman–Crippen LogP) is 5.91. The van der Waals surface area contributed by atoms with E-state index in [-0.39, 0.29) is 6.04 Å². The molecule has 1 N–H and O–H groups in total. The van der Waals surface area contributed by atoms with E-state index in [4.69, 9.17) is 35.4 Å². The highest BCUT2D eigenvalue weighted by atomic mass is 35.5. The van der Waals surface area contributed by atoms with Crippen LogP contribution in [0.4, 0.5) is 5.69 Å². The fraction of sp³-hybridized carbons (Fsp3) is 0.190. The van der Waals surface area contributed by atoms with Gasteiger partial charge in [0.15, 0.2) is 5.11 Å². The van der Waals surface area contributed by atoms with Crippen molar-refractivity contribution < 1.29 is 0 Å². The summed E-state index contributed by atoms with van der Waals surface area (Å²) in [5.74, 6) is 0. The summed E-state index contributed by atoms with van der Waals surface area (Å²) in [7, 11) is 0. The Morgan fingerprint density at radius 2 is 1.93 bits per heavy atom. The molecule has 0 radical (unpaired) electrons. The number of thiocarbonyl (C=S) groups is 1. The molecule has 6 heteroatoms. The summed E-state index contributed by atoms with van der Waals surface area (Å²) < 4.78 is 2.25. The topological polar surface area (TPSA) is 20.2 Å². The van der Waals surface area contributed by atoms with Crippen LogP contribution in [-0.4, -0.2) is 21.1 Å². The smallest absolute Gasteiger partial charge is 0.174 e. The van der Waals surface area contributed by atoms with Crippen molar-refractivity contribution in [3.8, 4) is 0 Å². The first kappa shape index (κ1) is 18.4. The van der Waals surface area contributed by atoms with Gasteiger partial charge in [-0.2, -0.15) is 0 Å². The largest absolute Gasteiger partial charge is 0.348 e. The zero-order valence-corrected chi connectivity index (χ0v) is 17.2. The van der Waals surface area contributed by atoms with E-state index in [9.17, 15) is 0 Å². The predicted molar refractivity (Wildman–Crippen MR) is 117 cm³/mol. The molecule has 2 aromatic carbocycles. The third-order valence-corrected chi connectivity index (χ3v) is 5.72. The number of rotatable bonds is 2. The zero-order chi connectivity index (χ0) is 19.0. The average Bonchev–Trinajstić information content (AvgIpc) is 3.10. The molecule has 2 heterocycles. The molecule has 0 saturated carbocycles. The van der Waals surface area contributed by atoms with Crippen molar-refractivity contribution in [1.82, 2.24) is 9.47 Å². The van der Waals surface area contributed by atoms with Crippen molar-refractivity contribution in [3.05, 3.63) is 87.7 Å². The molecule has 1 aliphatic rings. The zero-order valence-electron chi connectivity index (χ0n) is 14.8. The molecule has 0 amide bonds. The highest BCUT2D eigenvalue weighted by Gasteiger charge is 2.32. The number of aromatic nitrogens is 1. The van der Waals surface area contributed by atoms with E-state index in [1.54, 1.807) is 6.07 Å². The molecular formula is C21H19Cl2N3S. The lowest BCUT2D eigenvalue weighted by Gasteiger charge is -2.39. The summed E-state index contributed by atoms with van der Waals surface area (Å²) >= 11 is 18.5. The number of aryl methyl sites for hydroxylation is 1. The van der Waals surface area contributed by atoms with Gasteiger partial charge >= 0.3 is 0 Å². The maximum Gasteiger partial charge on any atom is 0.174 e. The number of benzene rings is 2. The Kier molecular flexibility index (Phi) is 5.13. The molecular weight excluding hydrogens is 397 g/mol. The van der Waals surface area contributed by atoms with Crippen LogP contribution in [0.3, 0.4) is 0 Å². The fourth-order valence-corrected chi connectivity index (χ4v) is 4.40. The second-order valence-electron chi connectivity index (χ2n) is 6.69. The molecule has 0 bridgehead atoms. The summed E-state index contributed by atoms with van der Waals surface area (Å²) in [5, 5.41) is 5.34. The number of hydrogen-bond acceptors (Lipinski definition) is 1. The van der Waals surface area contributed by atoms with Crippen LogP contribution in [0.2, 0.25) is 10.0 Å². The monoisotopic (exact) mass is 415 g/mol.